The van der Waals surface area contributed by atoms with Gasteiger partial charge in [0.25, 0.3) is 0 Å². The van der Waals surface area contributed by atoms with Crippen molar-refractivity contribution in [1.29, 1.82) is 0 Å². The fraction of sp³-hybridized carbons (Fsp3) is 0.385. The summed E-state index contributed by atoms with van der Waals surface area (Å²) in [4.78, 5) is 14.8. The van der Waals surface area contributed by atoms with Crippen LogP contribution in [0.2, 0.25) is 0 Å². The summed E-state index contributed by atoms with van der Waals surface area (Å²) < 4.78 is 2.19. The molecule has 0 N–H and O–H groups in total. The molecule has 2 aromatic heterocycles. The zero-order valence-electron chi connectivity index (χ0n) is 10.5. The molecule has 0 saturated carbocycles. The number of carbonyl (C=O) groups excluding carboxylic acids is 1. The highest BCUT2D eigenvalue weighted by Gasteiger charge is 2.15. The largest absolute Gasteiger partial charge is 0.306 e. The minimum Gasteiger partial charge on any atom is -0.306 e. The van der Waals surface area contributed by atoms with Crippen LogP contribution in [0, 0.1) is 0 Å². The van der Waals surface area contributed by atoms with Crippen LogP contribution in [0.3, 0.4) is 0 Å². The van der Waals surface area contributed by atoms with E-state index < -0.39 is 0 Å². The van der Waals surface area contributed by atoms with Gasteiger partial charge in [0, 0.05) is 24.7 Å². The molecule has 1 aliphatic rings. The van der Waals surface area contributed by atoms with Gasteiger partial charge in [-0.1, -0.05) is 6.42 Å². The summed E-state index contributed by atoms with van der Waals surface area (Å²) in [5.41, 5.74) is 0.587. The van der Waals surface area contributed by atoms with Crippen LogP contribution in [0.15, 0.2) is 28.5 Å². The third-order valence-electron chi connectivity index (χ3n) is 3.17. The predicted molar refractivity (Wildman–Crippen MR) is 71.3 cm³/mol. The van der Waals surface area contributed by atoms with Crippen molar-refractivity contribution in [3.63, 3.8) is 0 Å². The molecule has 0 aliphatic carbocycles. The van der Waals surface area contributed by atoms with Gasteiger partial charge in [0.2, 0.25) is 0 Å². The van der Waals surface area contributed by atoms with Crippen LogP contribution in [0.5, 0.6) is 0 Å². The first kappa shape index (κ1) is 12.3. The van der Waals surface area contributed by atoms with Gasteiger partial charge in [0.15, 0.2) is 11.4 Å². The Morgan fingerprint density at radius 3 is 2.95 bits per heavy atom. The third-order valence-corrected chi connectivity index (χ3v) is 4.10. The Hall–Kier alpha value is -1.69. The Balaban J connectivity index is 1.82. The second kappa shape index (κ2) is 5.52. The fourth-order valence-corrected chi connectivity index (χ4v) is 2.97. The molecule has 0 aromatic carbocycles. The Morgan fingerprint density at radius 1 is 1.21 bits per heavy atom. The number of aryl methyl sites for hydroxylation is 1. The predicted octanol–water partition coefficient (Wildman–Crippen LogP) is 2.36. The number of aromatic nitrogens is 4. The van der Waals surface area contributed by atoms with Gasteiger partial charge in [-0.05, 0) is 36.7 Å². The first-order chi connectivity index (χ1) is 9.36. The van der Waals surface area contributed by atoms with E-state index in [-0.39, 0.29) is 0 Å². The van der Waals surface area contributed by atoms with Crippen LogP contribution < -0.4 is 0 Å². The van der Waals surface area contributed by atoms with Crippen LogP contribution in [0.1, 0.15) is 35.4 Å². The van der Waals surface area contributed by atoms with Crippen LogP contribution in [0.25, 0.3) is 0 Å². The monoisotopic (exact) mass is 274 g/mol. The lowest BCUT2D eigenvalue weighted by Gasteiger charge is -2.05. The Labute approximate surface area is 115 Å². The van der Waals surface area contributed by atoms with Gasteiger partial charge in [-0.25, -0.2) is 4.98 Å². The van der Waals surface area contributed by atoms with Crippen molar-refractivity contribution in [3.8, 4) is 0 Å². The SMILES string of the molecule is O=Cc1ccc(Sc2nnc3n2CCCCC3)nc1. The lowest BCUT2D eigenvalue weighted by molar-refractivity contribution is 0.112. The molecular formula is C13H14N4OS. The molecule has 0 spiro atoms. The molecule has 2 aromatic rings. The summed E-state index contributed by atoms with van der Waals surface area (Å²) >= 11 is 1.50. The second-order valence-electron chi connectivity index (χ2n) is 4.51. The quantitative estimate of drug-likeness (QED) is 0.804. The van der Waals surface area contributed by atoms with E-state index >= 15 is 0 Å². The number of pyridine rings is 1. The standard InChI is InChI=1S/C13H14N4OS/c18-9-10-5-6-12(14-8-10)19-13-16-15-11-4-2-1-3-7-17(11)13/h5-6,8-9H,1-4,7H2. The van der Waals surface area contributed by atoms with Crippen LogP contribution in [0.4, 0.5) is 0 Å². The first-order valence-corrected chi connectivity index (χ1v) is 7.19. The minimum atomic E-state index is 0.587. The van der Waals surface area contributed by atoms with E-state index in [1.165, 1.54) is 31.0 Å². The number of hydrogen-bond donors (Lipinski definition) is 0. The average Bonchev–Trinajstić information content (AvgIpc) is 2.68. The highest BCUT2D eigenvalue weighted by atomic mass is 32.2. The second-order valence-corrected chi connectivity index (χ2v) is 5.50. The molecule has 98 valence electrons. The molecule has 0 unspecified atom stereocenters. The summed E-state index contributed by atoms with van der Waals surface area (Å²) in [7, 11) is 0. The maximum absolute atomic E-state index is 10.6. The number of hydrogen-bond acceptors (Lipinski definition) is 5. The third kappa shape index (κ3) is 2.68. The molecule has 0 saturated heterocycles. The fourth-order valence-electron chi connectivity index (χ4n) is 2.15. The van der Waals surface area contributed by atoms with Crippen LogP contribution in [-0.4, -0.2) is 26.0 Å². The van der Waals surface area contributed by atoms with Crippen molar-refractivity contribution in [2.24, 2.45) is 0 Å². The Bertz CT molecular complexity index is 579. The highest BCUT2D eigenvalue weighted by molar-refractivity contribution is 7.99. The smallest absolute Gasteiger partial charge is 0.197 e. The topological polar surface area (TPSA) is 60.7 Å². The normalized spacial score (nSPS) is 14.7. The summed E-state index contributed by atoms with van der Waals surface area (Å²) in [6, 6.07) is 3.61. The van der Waals surface area contributed by atoms with Crippen molar-refractivity contribution in [2.75, 3.05) is 0 Å². The maximum Gasteiger partial charge on any atom is 0.197 e. The molecule has 19 heavy (non-hydrogen) atoms. The van der Waals surface area contributed by atoms with Gasteiger partial charge in [-0.15, -0.1) is 10.2 Å². The first-order valence-electron chi connectivity index (χ1n) is 6.38. The summed E-state index contributed by atoms with van der Waals surface area (Å²) in [5.74, 6) is 1.07. The summed E-state index contributed by atoms with van der Waals surface area (Å²) in [5, 5.41) is 10.2. The van der Waals surface area contributed by atoms with Gasteiger partial charge in [0.1, 0.15) is 10.9 Å². The maximum atomic E-state index is 10.6. The zero-order chi connectivity index (χ0) is 13.1. The minimum absolute atomic E-state index is 0.587. The zero-order valence-corrected chi connectivity index (χ0v) is 11.3. The van der Waals surface area contributed by atoms with E-state index in [4.69, 9.17) is 0 Å². The molecule has 3 rings (SSSR count). The van der Waals surface area contributed by atoms with E-state index in [9.17, 15) is 4.79 Å². The van der Waals surface area contributed by atoms with Crippen molar-refractivity contribution in [1.82, 2.24) is 19.7 Å². The average molecular weight is 274 g/mol. The van der Waals surface area contributed by atoms with Gasteiger partial charge < -0.3 is 4.57 Å². The number of nitrogens with zero attached hydrogens (tertiary/aromatic N) is 4. The van der Waals surface area contributed by atoms with Crippen molar-refractivity contribution in [3.05, 3.63) is 29.7 Å². The van der Waals surface area contributed by atoms with E-state index in [0.29, 0.717) is 5.56 Å². The van der Waals surface area contributed by atoms with Crippen molar-refractivity contribution in [2.45, 2.75) is 42.4 Å². The van der Waals surface area contributed by atoms with Gasteiger partial charge in [-0.3, -0.25) is 4.79 Å². The van der Waals surface area contributed by atoms with Crippen LogP contribution >= 0.6 is 11.8 Å². The van der Waals surface area contributed by atoms with Crippen molar-refractivity contribution >= 4 is 18.0 Å². The molecule has 0 fully saturated rings. The molecule has 6 heteroatoms. The van der Waals surface area contributed by atoms with E-state index in [1.807, 2.05) is 6.07 Å². The lowest BCUT2D eigenvalue weighted by atomic mass is 10.2. The highest BCUT2D eigenvalue weighted by Crippen LogP contribution is 2.27. The van der Waals surface area contributed by atoms with Gasteiger partial charge in [0.05, 0.1) is 0 Å². The summed E-state index contributed by atoms with van der Waals surface area (Å²) in [6.07, 6.45) is 7.00. The molecule has 0 atom stereocenters. The van der Waals surface area contributed by atoms with Crippen LogP contribution in [-0.2, 0) is 13.0 Å². The molecule has 0 radical (unpaired) electrons. The molecule has 3 heterocycles. The summed E-state index contributed by atoms with van der Waals surface area (Å²) in [6.45, 7) is 0.983. The Kier molecular flexibility index (Phi) is 3.59. The van der Waals surface area contributed by atoms with E-state index in [0.717, 1.165) is 35.3 Å². The van der Waals surface area contributed by atoms with Crippen molar-refractivity contribution < 1.29 is 4.79 Å². The molecule has 0 amide bonds. The van der Waals surface area contributed by atoms with Gasteiger partial charge in [-0.2, -0.15) is 0 Å². The number of rotatable bonds is 3. The number of aldehydes is 1. The lowest BCUT2D eigenvalue weighted by Crippen LogP contribution is -2.02. The molecule has 0 bridgehead atoms. The Morgan fingerprint density at radius 2 is 2.16 bits per heavy atom. The number of carbonyl (C=O) groups is 1. The molecular weight excluding hydrogens is 260 g/mol. The van der Waals surface area contributed by atoms with Gasteiger partial charge >= 0.3 is 0 Å². The molecule has 1 aliphatic heterocycles. The van der Waals surface area contributed by atoms with E-state index in [1.54, 1.807) is 12.3 Å². The van der Waals surface area contributed by atoms with E-state index in [2.05, 4.69) is 19.7 Å². The number of fused-ring (bicyclic) bond motifs is 1. The molecule has 5 nitrogen and oxygen atoms in total.